The van der Waals surface area contributed by atoms with Crippen molar-refractivity contribution >= 4 is 17.7 Å². The molecule has 0 aliphatic heterocycles. The first-order chi connectivity index (χ1) is 8.06. The maximum atomic E-state index is 11.6. The lowest BCUT2D eigenvalue weighted by molar-refractivity contribution is 0.0692. The fourth-order valence-electron chi connectivity index (χ4n) is 1.75. The molecule has 1 fully saturated rings. The number of H-pyrrole nitrogens is 1. The average molecular weight is 237 g/mol. The highest BCUT2D eigenvalue weighted by Gasteiger charge is 2.21. The van der Waals surface area contributed by atoms with Crippen LogP contribution in [-0.2, 0) is 0 Å². The second-order valence-electron chi connectivity index (χ2n) is 4.27. The predicted octanol–water partition coefficient (Wildman–Crippen LogP) is 1.70. The highest BCUT2D eigenvalue weighted by molar-refractivity contribution is 5.99. The molecule has 0 aromatic carbocycles. The van der Waals surface area contributed by atoms with Crippen molar-refractivity contribution in [3.8, 4) is 0 Å². The molecule has 1 aromatic rings. The van der Waals surface area contributed by atoms with E-state index in [2.05, 4.69) is 15.6 Å². The Morgan fingerprint density at radius 2 is 2.18 bits per heavy atom. The molecule has 0 spiro atoms. The van der Waals surface area contributed by atoms with Crippen LogP contribution in [0.3, 0.4) is 0 Å². The van der Waals surface area contributed by atoms with Crippen molar-refractivity contribution in [2.24, 2.45) is 0 Å². The normalized spacial score (nSPS) is 15.1. The zero-order chi connectivity index (χ0) is 12.4. The molecule has 17 heavy (non-hydrogen) atoms. The number of hydrogen-bond acceptors (Lipinski definition) is 2. The number of carboxylic acids is 1. The molecule has 2 rings (SSSR count). The van der Waals surface area contributed by atoms with Gasteiger partial charge in [-0.2, -0.15) is 0 Å². The predicted molar refractivity (Wildman–Crippen MR) is 62.3 cm³/mol. The molecule has 4 N–H and O–H groups in total. The van der Waals surface area contributed by atoms with Crippen molar-refractivity contribution in [2.75, 3.05) is 5.32 Å². The summed E-state index contributed by atoms with van der Waals surface area (Å²) in [5.41, 5.74) is 0.999. The van der Waals surface area contributed by atoms with Crippen molar-refractivity contribution in [1.29, 1.82) is 0 Å². The van der Waals surface area contributed by atoms with Crippen LogP contribution in [0.4, 0.5) is 10.5 Å². The molecule has 6 heteroatoms. The van der Waals surface area contributed by atoms with Gasteiger partial charge < -0.3 is 20.7 Å². The number of aromatic carboxylic acids is 1. The molecule has 0 saturated heterocycles. The third-order valence-corrected chi connectivity index (χ3v) is 2.85. The van der Waals surface area contributed by atoms with Crippen LogP contribution in [0.25, 0.3) is 0 Å². The number of aryl methyl sites for hydroxylation is 1. The molecule has 1 aliphatic carbocycles. The van der Waals surface area contributed by atoms with E-state index in [0.29, 0.717) is 11.4 Å². The SMILES string of the molecule is Cc1cc(NC(=O)NC2CCC2)c(C(=O)O)[nH]1. The molecule has 2 amide bonds. The number of anilines is 1. The summed E-state index contributed by atoms with van der Waals surface area (Å²) in [5, 5.41) is 14.3. The van der Waals surface area contributed by atoms with Gasteiger partial charge in [0, 0.05) is 11.7 Å². The smallest absolute Gasteiger partial charge is 0.354 e. The van der Waals surface area contributed by atoms with Crippen molar-refractivity contribution in [3.63, 3.8) is 0 Å². The van der Waals surface area contributed by atoms with Gasteiger partial charge in [-0.25, -0.2) is 9.59 Å². The fourth-order valence-corrected chi connectivity index (χ4v) is 1.75. The second kappa shape index (κ2) is 4.48. The minimum atomic E-state index is -1.09. The molecule has 6 nitrogen and oxygen atoms in total. The summed E-state index contributed by atoms with van der Waals surface area (Å²) in [6.07, 6.45) is 3.12. The number of nitrogens with one attached hydrogen (secondary N) is 3. The van der Waals surface area contributed by atoms with E-state index in [0.717, 1.165) is 19.3 Å². The maximum absolute atomic E-state index is 11.6. The van der Waals surface area contributed by atoms with Crippen molar-refractivity contribution in [1.82, 2.24) is 10.3 Å². The quantitative estimate of drug-likeness (QED) is 0.644. The topological polar surface area (TPSA) is 94.2 Å². The minimum absolute atomic E-state index is 0.00580. The minimum Gasteiger partial charge on any atom is -0.477 e. The molecule has 1 aromatic heterocycles. The fraction of sp³-hybridized carbons (Fsp3) is 0.455. The summed E-state index contributed by atoms with van der Waals surface area (Å²) in [6.45, 7) is 1.74. The van der Waals surface area contributed by atoms with Gasteiger partial charge in [0.05, 0.1) is 5.69 Å². The maximum Gasteiger partial charge on any atom is 0.354 e. The van der Waals surface area contributed by atoms with Crippen molar-refractivity contribution < 1.29 is 14.7 Å². The number of rotatable bonds is 3. The third kappa shape index (κ3) is 2.58. The number of aromatic nitrogens is 1. The van der Waals surface area contributed by atoms with Gasteiger partial charge in [0.1, 0.15) is 5.69 Å². The molecule has 0 atom stereocenters. The Morgan fingerprint density at radius 1 is 1.47 bits per heavy atom. The number of hydrogen-bond donors (Lipinski definition) is 4. The summed E-state index contributed by atoms with van der Waals surface area (Å²) in [5.74, 6) is -1.09. The third-order valence-electron chi connectivity index (χ3n) is 2.85. The van der Waals surface area contributed by atoms with Crippen LogP contribution in [0.1, 0.15) is 35.4 Å². The first kappa shape index (κ1) is 11.5. The van der Waals surface area contributed by atoms with Crippen LogP contribution < -0.4 is 10.6 Å². The van der Waals surface area contributed by atoms with Crippen LogP contribution in [0.5, 0.6) is 0 Å². The lowest BCUT2D eigenvalue weighted by atomic mass is 9.93. The molecule has 1 saturated carbocycles. The van der Waals surface area contributed by atoms with Gasteiger partial charge in [0.15, 0.2) is 0 Å². The van der Waals surface area contributed by atoms with Gasteiger partial charge in [0.25, 0.3) is 0 Å². The first-order valence-corrected chi connectivity index (χ1v) is 5.56. The molecule has 92 valence electrons. The van der Waals surface area contributed by atoms with Crippen LogP contribution in [0.2, 0.25) is 0 Å². The lowest BCUT2D eigenvalue weighted by Crippen LogP contribution is -2.42. The standard InChI is InChI=1S/C11H15N3O3/c1-6-5-8(9(12-6)10(15)16)14-11(17)13-7-3-2-4-7/h5,7,12H,2-4H2,1H3,(H,15,16)(H2,13,14,17). The Morgan fingerprint density at radius 3 is 2.71 bits per heavy atom. The molecule has 1 heterocycles. The summed E-state index contributed by atoms with van der Waals surface area (Å²) >= 11 is 0. The van der Waals surface area contributed by atoms with Crippen LogP contribution in [0.15, 0.2) is 6.07 Å². The highest BCUT2D eigenvalue weighted by Crippen LogP contribution is 2.19. The van der Waals surface area contributed by atoms with Crippen LogP contribution in [0, 0.1) is 6.92 Å². The van der Waals surface area contributed by atoms with E-state index in [1.807, 2.05) is 0 Å². The number of carbonyl (C=O) groups excluding carboxylic acids is 1. The van der Waals surface area contributed by atoms with Gasteiger partial charge in [-0.1, -0.05) is 0 Å². The van der Waals surface area contributed by atoms with Gasteiger partial charge >= 0.3 is 12.0 Å². The Labute approximate surface area is 98.4 Å². The lowest BCUT2D eigenvalue weighted by Gasteiger charge is -2.26. The van der Waals surface area contributed by atoms with E-state index < -0.39 is 5.97 Å². The van der Waals surface area contributed by atoms with E-state index in [4.69, 9.17) is 5.11 Å². The number of urea groups is 1. The Kier molecular flexibility index (Phi) is 3.03. The van der Waals surface area contributed by atoms with E-state index in [1.165, 1.54) is 0 Å². The molecule has 0 unspecified atom stereocenters. The Balaban J connectivity index is 2.01. The molecular formula is C11H15N3O3. The number of carbonyl (C=O) groups is 2. The van der Waals surface area contributed by atoms with E-state index in [1.54, 1.807) is 13.0 Å². The number of carboxylic acid groups (broad SMARTS) is 1. The van der Waals surface area contributed by atoms with E-state index >= 15 is 0 Å². The van der Waals surface area contributed by atoms with Crippen molar-refractivity contribution in [3.05, 3.63) is 17.5 Å². The zero-order valence-electron chi connectivity index (χ0n) is 9.54. The Bertz CT molecular complexity index is 449. The van der Waals surface area contributed by atoms with Gasteiger partial charge in [-0.3, -0.25) is 0 Å². The van der Waals surface area contributed by atoms with Gasteiger partial charge in [-0.05, 0) is 32.3 Å². The molecule has 0 radical (unpaired) electrons. The van der Waals surface area contributed by atoms with Crippen LogP contribution >= 0.6 is 0 Å². The largest absolute Gasteiger partial charge is 0.477 e. The van der Waals surface area contributed by atoms with Crippen molar-refractivity contribution in [2.45, 2.75) is 32.2 Å². The monoisotopic (exact) mass is 237 g/mol. The van der Waals surface area contributed by atoms with Crippen LogP contribution in [-0.4, -0.2) is 28.1 Å². The molecular weight excluding hydrogens is 222 g/mol. The zero-order valence-corrected chi connectivity index (χ0v) is 9.54. The summed E-state index contributed by atoms with van der Waals surface area (Å²) in [6, 6.07) is 1.48. The average Bonchev–Trinajstić information content (AvgIpc) is 2.53. The van der Waals surface area contributed by atoms with Gasteiger partial charge in [-0.15, -0.1) is 0 Å². The summed E-state index contributed by atoms with van der Waals surface area (Å²) in [4.78, 5) is 25.2. The summed E-state index contributed by atoms with van der Waals surface area (Å²) < 4.78 is 0. The number of amides is 2. The number of aromatic amines is 1. The first-order valence-electron chi connectivity index (χ1n) is 5.56. The highest BCUT2D eigenvalue weighted by atomic mass is 16.4. The second-order valence-corrected chi connectivity index (χ2v) is 4.27. The summed E-state index contributed by atoms with van der Waals surface area (Å²) in [7, 11) is 0. The Hall–Kier alpha value is -1.98. The van der Waals surface area contributed by atoms with E-state index in [9.17, 15) is 9.59 Å². The van der Waals surface area contributed by atoms with E-state index in [-0.39, 0.29) is 17.8 Å². The molecule has 0 bridgehead atoms. The van der Waals surface area contributed by atoms with Gasteiger partial charge in [0.2, 0.25) is 0 Å². The molecule has 1 aliphatic rings.